The summed E-state index contributed by atoms with van der Waals surface area (Å²) in [6.07, 6.45) is 8.87. The molecule has 0 amide bonds. The highest BCUT2D eigenvalue weighted by Crippen LogP contribution is 2.35. The first kappa shape index (κ1) is 20.6. The molecule has 1 saturated heterocycles. The third kappa shape index (κ3) is 5.29. The van der Waals surface area contributed by atoms with Crippen LogP contribution in [0, 0.1) is 10.1 Å². The Morgan fingerprint density at radius 2 is 1.90 bits per heavy atom. The van der Waals surface area contributed by atoms with E-state index in [1.54, 1.807) is 30.8 Å². The summed E-state index contributed by atoms with van der Waals surface area (Å²) >= 11 is 0. The molecule has 4 rings (SSSR count). The molecule has 8 nitrogen and oxygen atoms in total. The van der Waals surface area contributed by atoms with Gasteiger partial charge in [0.1, 0.15) is 0 Å². The molecule has 2 aromatic rings. The van der Waals surface area contributed by atoms with E-state index >= 15 is 0 Å². The van der Waals surface area contributed by atoms with Crippen LogP contribution in [0.1, 0.15) is 24.1 Å². The average molecular weight is 417 g/mol. The van der Waals surface area contributed by atoms with E-state index < -0.39 is 0 Å². The first-order chi connectivity index (χ1) is 15.2. The Kier molecular flexibility index (Phi) is 6.59. The molecule has 1 fully saturated rings. The number of benzene rings is 1. The Balaban J connectivity index is 1.62. The van der Waals surface area contributed by atoms with Crippen molar-refractivity contribution < 1.29 is 9.66 Å². The van der Waals surface area contributed by atoms with E-state index in [1.165, 1.54) is 6.07 Å². The average Bonchev–Trinajstić information content (AvgIpc) is 3.20. The van der Waals surface area contributed by atoms with Crippen molar-refractivity contribution >= 4 is 24.2 Å². The molecule has 1 aromatic carbocycles. The summed E-state index contributed by atoms with van der Waals surface area (Å²) < 4.78 is 5.51. The topological polar surface area (TPSA) is 93.2 Å². The summed E-state index contributed by atoms with van der Waals surface area (Å²) in [6.45, 7) is 2.96. The second-order valence-electron chi connectivity index (χ2n) is 7.24. The van der Waals surface area contributed by atoms with Gasteiger partial charge in [-0.1, -0.05) is 18.2 Å². The maximum Gasteiger partial charge on any atom is 0.270 e. The van der Waals surface area contributed by atoms with E-state index in [-0.39, 0.29) is 10.6 Å². The SMILES string of the molecule is O=[N+]([O-])c1cccc(/C=C2\CCC(/C=N/N=C/c3ccccn3)=C2N2CCOCC2)c1. The number of rotatable bonds is 6. The predicted octanol–water partition coefficient (Wildman–Crippen LogP) is 3.86. The number of aromatic nitrogens is 1. The normalized spacial score (nSPS) is 18.6. The second kappa shape index (κ2) is 9.90. The molecule has 0 radical (unpaired) electrons. The first-order valence-electron chi connectivity index (χ1n) is 10.2. The van der Waals surface area contributed by atoms with Gasteiger partial charge in [0.05, 0.1) is 36.3 Å². The summed E-state index contributed by atoms with van der Waals surface area (Å²) in [7, 11) is 0. The van der Waals surface area contributed by atoms with Crippen LogP contribution >= 0.6 is 0 Å². The molecule has 0 N–H and O–H groups in total. The number of ether oxygens (including phenoxy) is 1. The summed E-state index contributed by atoms with van der Waals surface area (Å²) in [5, 5.41) is 19.5. The lowest BCUT2D eigenvalue weighted by atomic mass is 10.1. The van der Waals surface area contributed by atoms with Crippen molar-refractivity contribution in [3.8, 4) is 0 Å². The maximum absolute atomic E-state index is 11.1. The molecule has 0 unspecified atom stereocenters. The van der Waals surface area contributed by atoms with Crippen molar-refractivity contribution in [2.45, 2.75) is 12.8 Å². The highest BCUT2D eigenvalue weighted by molar-refractivity contribution is 5.85. The van der Waals surface area contributed by atoms with Crippen LogP contribution in [0.4, 0.5) is 5.69 Å². The molecule has 8 heteroatoms. The van der Waals surface area contributed by atoms with Crippen molar-refractivity contribution in [1.82, 2.24) is 9.88 Å². The molecule has 0 bridgehead atoms. The zero-order valence-electron chi connectivity index (χ0n) is 17.1. The van der Waals surface area contributed by atoms with Crippen LogP contribution in [0.5, 0.6) is 0 Å². The third-order valence-electron chi connectivity index (χ3n) is 5.18. The fourth-order valence-electron chi connectivity index (χ4n) is 3.75. The fraction of sp³-hybridized carbons (Fsp3) is 0.261. The summed E-state index contributed by atoms with van der Waals surface area (Å²) in [5.74, 6) is 0. The van der Waals surface area contributed by atoms with Gasteiger partial charge in [0.25, 0.3) is 5.69 Å². The number of nitro groups is 1. The Morgan fingerprint density at radius 3 is 2.68 bits per heavy atom. The predicted molar refractivity (Wildman–Crippen MR) is 120 cm³/mol. The van der Waals surface area contributed by atoms with Crippen molar-refractivity contribution in [3.63, 3.8) is 0 Å². The number of nitrogens with zero attached hydrogens (tertiary/aromatic N) is 5. The van der Waals surface area contributed by atoms with Crippen molar-refractivity contribution in [3.05, 3.63) is 86.9 Å². The van der Waals surface area contributed by atoms with E-state index in [2.05, 4.69) is 20.1 Å². The smallest absolute Gasteiger partial charge is 0.270 e. The largest absolute Gasteiger partial charge is 0.378 e. The fourth-order valence-corrected chi connectivity index (χ4v) is 3.75. The molecular formula is C23H23N5O3. The van der Waals surface area contributed by atoms with Gasteiger partial charge in [-0.05, 0) is 47.8 Å². The molecule has 1 aromatic heterocycles. The Morgan fingerprint density at radius 1 is 1.06 bits per heavy atom. The zero-order chi connectivity index (χ0) is 21.5. The summed E-state index contributed by atoms with van der Waals surface area (Å²) in [4.78, 5) is 17.3. The van der Waals surface area contributed by atoms with E-state index in [0.717, 1.165) is 54.0 Å². The van der Waals surface area contributed by atoms with Gasteiger partial charge in [0, 0.05) is 37.1 Å². The number of hydrogen-bond donors (Lipinski definition) is 0. The maximum atomic E-state index is 11.1. The van der Waals surface area contributed by atoms with Crippen LogP contribution in [0.3, 0.4) is 0 Å². The van der Waals surface area contributed by atoms with Crippen molar-refractivity contribution in [2.24, 2.45) is 10.2 Å². The molecular weight excluding hydrogens is 394 g/mol. The van der Waals surface area contributed by atoms with Gasteiger partial charge < -0.3 is 9.64 Å². The van der Waals surface area contributed by atoms with Crippen LogP contribution in [0.2, 0.25) is 0 Å². The molecule has 0 atom stereocenters. The number of allylic oxidation sites excluding steroid dienone is 2. The molecule has 0 spiro atoms. The lowest BCUT2D eigenvalue weighted by molar-refractivity contribution is -0.384. The zero-order valence-corrected chi connectivity index (χ0v) is 17.1. The minimum absolute atomic E-state index is 0.0925. The second-order valence-corrected chi connectivity index (χ2v) is 7.24. The molecule has 1 aliphatic heterocycles. The quantitative estimate of drug-likeness (QED) is 0.404. The van der Waals surface area contributed by atoms with Gasteiger partial charge in [-0.15, -0.1) is 0 Å². The first-order valence-corrected chi connectivity index (χ1v) is 10.2. The number of morpholine rings is 1. The van der Waals surface area contributed by atoms with Gasteiger partial charge in [0.15, 0.2) is 0 Å². The van der Waals surface area contributed by atoms with Crippen molar-refractivity contribution in [2.75, 3.05) is 26.3 Å². The van der Waals surface area contributed by atoms with Crippen molar-refractivity contribution in [1.29, 1.82) is 0 Å². The van der Waals surface area contributed by atoms with Gasteiger partial charge in [-0.2, -0.15) is 10.2 Å². The Labute approximate surface area is 180 Å². The molecule has 2 aliphatic rings. The van der Waals surface area contributed by atoms with Crippen LogP contribution in [0.15, 0.2) is 75.7 Å². The van der Waals surface area contributed by atoms with E-state index in [9.17, 15) is 10.1 Å². The lowest BCUT2D eigenvalue weighted by Gasteiger charge is -2.31. The highest BCUT2D eigenvalue weighted by atomic mass is 16.6. The minimum atomic E-state index is -0.368. The van der Waals surface area contributed by atoms with Crippen LogP contribution in [-0.4, -0.2) is 53.5 Å². The molecule has 0 saturated carbocycles. The Bertz CT molecular complexity index is 1050. The van der Waals surface area contributed by atoms with E-state index in [0.29, 0.717) is 13.2 Å². The lowest BCUT2D eigenvalue weighted by Crippen LogP contribution is -2.36. The van der Waals surface area contributed by atoms with Gasteiger partial charge in [-0.3, -0.25) is 15.1 Å². The third-order valence-corrected chi connectivity index (χ3v) is 5.18. The minimum Gasteiger partial charge on any atom is -0.378 e. The molecule has 31 heavy (non-hydrogen) atoms. The van der Waals surface area contributed by atoms with Gasteiger partial charge in [-0.25, -0.2) is 0 Å². The van der Waals surface area contributed by atoms with Crippen LogP contribution in [-0.2, 0) is 4.74 Å². The number of non-ortho nitro benzene ring substituents is 1. The standard InChI is InChI=1S/C23H23N5O3/c29-28(30)22-6-3-4-18(15-22)14-19-7-8-20(23(19)27-10-12-31-13-11-27)16-25-26-17-21-5-1-2-9-24-21/h1-6,9,14-17H,7-8,10-13H2/b19-14+,25-16+,26-17+. The number of hydrogen-bond acceptors (Lipinski definition) is 7. The Hall–Kier alpha value is -3.65. The van der Waals surface area contributed by atoms with Crippen LogP contribution < -0.4 is 0 Å². The molecule has 158 valence electrons. The number of nitro benzene ring substituents is 1. The molecule has 1 aliphatic carbocycles. The van der Waals surface area contributed by atoms with E-state index in [4.69, 9.17) is 4.74 Å². The van der Waals surface area contributed by atoms with Crippen LogP contribution in [0.25, 0.3) is 6.08 Å². The van der Waals surface area contributed by atoms with E-state index in [1.807, 2.05) is 30.3 Å². The van der Waals surface area contributed by atoms with Gasteiger partial charge >= 0.3 is 0 Å². The number of pyridine rings is 1. The molecule has 2 heterocycles. The van der Waals surface area contributed by atoms with Gasteiger partial charge in [0.2, 0.25) is 0 Å². The monoisotopic (exact) mass is 417 g/mol. The highest BCUT2D eigenvalue weighted by Gasteiger charge is 2.25. The summed E-state index contributed by atoms with van der Waals surface area (Å²) in [6, 6.07) is 12.3. The summed E-state index contributed by atoms with van der Waals surface area (Å²) in [5.41, 5.74) is 5.05.